The summed E-state index contributed by atoms with van der Waals surface area (Å²) in [6.45, 7) is 3.27. The molecule has 2 N–H and O–H groups in total. The number of alkyl halides is 3. The second-order valence-electron chi connectivity index (χ2n) is 4.49. The summed E-state index contributed by atoms with van der Waals surface area (Å²) in [7, 11) is 0. The number of halogens is 3. The first-order chi connectivity index (χ1) is 7.99. The maximum absolute atomic E-state index is 12.3. The molecule has 1 aromatic carbocycles. The highest BCUT2D eigenvalue weighted by atomic mass is 19.4. The summed E-state index contributed by atoms with van der Waals surface area (Å²) < 4.78 is 37.0. The predicted molar refractivity (Wildman–Crippen MR) is 59.3 cm³/mol. The number of rotatable bonds is 3. The zero-order valence-corrected chi connectivity index (χ0v) is 9.37. The van der Waals surface area contributed by atoms with E-state index in [4.69, 9.17) is 5.73 Å². The van der Waals surface area contributed by atoms with Crippen LogP contribution in [0.4, 0.5) is 13.2 Å². The van der Waals surface area contributed by atoms with Gasteiger partial charge in [0.1, 0.15) is 0 Å². The van der Waals surface area contributed by atoms with Crippen molar-refractivity contribution in [2.45, 2.75) is 12.7 Å². The highest BCUT2D eigenvalue weighted by molar-refractivity contribution is 5.24. The van der Waals surface area contributed by atoms with E-state index in [1.807, 2.05) is 0 Å². The van der Waals surface area contributed by atoms with E-state index in [9.17, 15) is 13.2 Å². The Kier molecular flexibility index (Phi) is 3.40. The lowest BCUT2D eigenvalue weighted by Crippen LogP contribution is -2.49. The van der Waals surface area contributed by atoms with Crippen molar-refractivity contribution in [3.63, 3.8) is 0 Å². The molecule has 5 heteroatoms. The van der Waals surface area contributed by atoms with Crippen molar-refractivity contribution in [2.24, 2.45) is 11.7 Å². The Morgan fingerprint density at radius 3 is 2.24 bits per heavy atom. The quantitative estimate of drug-likeness (QED) is 0.882. The Bertz CT molecular complexity index is 366. The van der Waals surface area contributed by atoms with E-state index < -0.39 is 11.7 Å². The van der Waals surface area contributed by atoms with Gasteiger partial charge in [-0.2, -0.15) is 13.2 Å². The zero-order valence-electron chi connectivity index (χ0n) is 9.37. The summed E-state index contributed by atoms with van der Waals surface area (Å²) in [6.07, 6.45) is -4.25. The van der Waals surface area contributed by atoms with Crippen molar-refractivity contribution in [1.82, 2.24) is 4.90 Å². The minimum absolute atomic E-state index is 0.546. The number of likely N-dealkylation sites (tertiary alicyclic amines) is 1. The van der Waals surface area contributed by atoms with E-state index in [1.54, 1.807) is 12.1 Å². The first kappa shape index (κ1) is 12.4. The van der Waals surface area contributed by atoms with E-state index in [0.717, 1.165) is 30.8 Å². The average molecular weight is 244 g/mol. The van der Waals surface area contributed by atoms with Gasteiger partial charge in [0.15, 0.2) is 0 Å². The molecule has 0 spiro atoms. The molecule has 1 saturated heterocycles. The zero-order chi connectivity index (χ0) is 12.5. The first-order valence-corrected chi connectivity index (χ1v) is 5.57. The molecule has 0 saturated carbocycles. The highest BCUT2D eigenvalue weighted by Gasteiger charge is 2.30. The van der Waals surface area contributed by atoms with Crippen molar-refractivity contribution in [2.75, 3.05) is 19.6 Å². The molecule has 0 atom stereocenters. The smallest absolute Gasteiger partial charge is 0.330 e. The van der Waals surface area contributed by atoms with Crippen molar-refractivity contribution < 1.29 is 13.2 Å². The van der Waals surface area contributed by atoms with Crippen molar-refractivity contribution in [3.8, 4) is 0 Å². The summed E-state index contributed by atoms with van der Waals surface area (Å²) in [6, 6.07) is 5.35. The number of nitrogens with two attached hydrogens (primary N) is 1. The van der Waals surface area contributed by atoms with Gasteiger partial charge in [0, 0.05) is 19.6 Å². The molecule has 1 aliphatic heterocycles. The van der Waals surface area contributed by atoms with Crippen LogP contribution in [0.3, 0.4) is 0 Å². The van der Waals surface area contributed by atoms with Crippen molar-refractivity contribution in [1.29, 1.82) is 0 Å². The molecule has 1 aromatic rings. The van der Waals surface area contributed by atoms with Gasteiger partial charge in [0.25, 0.3) is 0 Å². The predicted octanol–water partition coefficient (Wildman–Crippen LogP) is 2.10. The second-order valence-corrected chi connectivity index (χ2v) is 4.49. The molecule has 2 rings (SSSR count). The molecule has 0 aromatic heterocycles. The molecule has 1 heterocycles. The van der Waals surface area contributed by atoms with Crippen LogP contribution in [-0.4, -0.2) is 24.5 Å². The number of nitrogens with zero attached hydrogens (tertiary/aromatic N) is 1. The third-order valence-corrected chi connectivity index (χ3v) is 3.05. The minimum atomic E-state index is -4.25. The summed E-state index contributed by atoms with van der Waals surface area (Å²) in [4.78, 5) is 2.18. The largest absolute Gasteiger partial charge is 0.416 e. The van der Waals surface area contributed by atoms with Gasteiger partial charge in [-0.15, -0.1) is 0 Å². The standard InChI is InChI=1S/C12H15F3N2/c13-12(14,15)11-3-1-9(2-4-11)6-17-7-10(5-16)8-17/h1-4,10H,5-8,16H2. The second kappa shape index (κ2) is 4.66. The summed E-state index contributed by atoms with van der Waals surface area (Å²) >= 11 is 0. The monoisotopic (exact) mass is 244 g/mol. The van der Waals surface area contributed by atoms with Gasteiger partial charge < -0.3 is 5.73 Å². The normalized spacial score (nSPS) is 18.1. The molecule has 94 valence electrons. The van der Waals surface area contributed by atoms with Gasteiger partial charge in [-0.25, -0.2) is 0 Å². The van der Waals surface area contributed by atoms with E-state index in [-0.39, 0.29) is 0 Å². The van der Waals surface area contributed by atoms with Crippen LogP contribution in [0, 0.1) is 5.92 Å². The third-order valence-electron chi connectivity index (χ3n) is 3.05. The third kappa shape index (κ3) is 2.98. The van der Waals surface area contributed by atoms with Gasteiger partial charge in [0.2, 0.25) is 0 Å². The fourth-order valence-corrected chi connectivity index (χ4v) is 2.01. The van der Waals surface area contributed by atoms with Crippen molar-refractivity contribution >= 4 is 0 Å². The van der Waals surface area contributed by atoms with E-state index in [1.165, 1.54) is 0 Å². The Labute approximate surface area is 98.2 Å². The van der Waals surface area contributed by atoms with Gasteiger partial charge >= 0.3 is 6.18 Å². The van der Waals surface area contributed by atoms with Crippen molar-refractivity contribution in [3.05, 3.63) is 35.4 Å². The molecule has 2 nitrogen and oxygen atoms in total. The summed E-state index contributed by atoms with van der Waals surface area (Å²) in [5.41, 5.74) is 5.82. The average Bonchev–Trinajstić information content (AvgIpc) is 2.22. The molecule has 0 aliphatic carbocycles. The van der Waals surface area contributed by atoms with Crippen LogP contribution in [0.25, 0.3) is 0 Å². The lowest BCUT2D eigenvalue weighted by atomic mass is 9.99. The molecule has 17 heavy (non-hydrogen) atoms. The van der Waals surface area contributed by atoms with Crippen LogP contribution in [0.1, 0.15) is 11.1 Å². The lowest BCUT2D eigenvalue weighted by molar-refractivity contribution is -0.137. The van der Waals surface area contributed by atoms with Crippen LogP contribution in [0.15, 0.2) is 24.3 Å². The van der Waals surface area contributed by atoms with E-state index in [0.29, 0.717) is 19.0 Å². The van der Waals surface area contributed by atoms with Gasteiger partial charge in [-0.1, -0.05) is 12.1 Å². The van der Waals surface area contributed by atoms with Crippen LogP contribution in [0.5, 0.6) is 0 Å². The van der Waals surface area contributed by atoms with E-state index >= 15 is 0 Å². The Morgan fingerprint density at radius 1 is 1.18 bits per heavy atom. The van der Waals surface area contributed by atoms with Crippen LogP contribution >= 0.6 is 0 Å². The summed E-state index contributed by atoms with van der Waals surface area (Å²) in [5.74, 6) is 0.546. The maximum atomic E-state index is 12.3. The molecule has 1 fully saturated rings. The van der Waals surface area contributed by atoms with Crippen LogP contribution < -0.4 is 5.73 Å². The van der Waals surface area contributed by atoms with Gasteiger partial charge in [-0.05, 0) is 30.2 Å². The molecular formula is C12H15F3N2. The molecule has 1 aliphatic rings. The number of benzene rings is 1. The summed E-state index contributed by atoms with van der Waals surface area (Å²) in [5, 5.41) is 0. The molecule has 0 unspecified atom stereocenters. The van der Waals surface area contributed by atoms with Gasteiger partial charge in [0.05, 0.1) is 5.56 Å². The fourth-order valence-electron chi connectivity index (χ4n) is 2.01. The Balaban J connectivity index is 1.91. The minimum Gasteiger partial charge on any atom is -0.330 e. The SMILES string of the molecule is NCC1CN(Cc2ccc(C(F)(F)F)cc2)C1. The molecule has 0 bridgehead atoms. The van der Waals surface area contributed by atoms with Crippen LogP contribution in [0.2, 0.25) is 0 Å². The molecule has 0 amide bonds. The first-order valence-electron chi connectivity index (χ1n) is 5.57. The van der Waals surface area contributed by atoms with E-state index in [2.05, 4.69) is 4.90 Å². The maximum Gasteiger partial charge on any atom is 0.416 e. The number of hydrogen-bond acceptors (Lipinski definition) is 2. The lowest BCUT2D eigenvalue weighted by Gasteiger charge is -2.38. The van der Waals surface area contributed by atoms with Crippen LogP contribution in [-0.2, 0) is 12.7 Å². The number of hydrogen-bond donors (Lipinski definition) is 1. The Morgan fingerprint density at radius 2 is 1.76 bits per heavy atom. The molecular weight excluding hydrogens is 229 g/mol. The molecule has 0 radical (unpaired) electrons. The van der Waals surface area contributed by atoms with Gasteiger partial charge in [-0.3, -0.25) is 4.90 Å². The topological polar surface area (TPSA) is 29.3 Å². The highest BCUT2D eigenvalue weighted by Crippen LogP contribution is 2.29. The fraction of sp³-hybridized carbons (Fsp3) is 0.500. The Hall–Kier alpha value is -1.07.